The second-order valence-corrected chi connectivity index (χ2v) is 21.7. The largest absolute Gasteiger partial charge is 0.489 e. The lowest BCUT2D eigenvalue weighted by atomic mass is 9.77. The van der Waals surface area contributed by atoms with Crippen molar-refractivity contribution >= 4 is 72.4 Å². The summed E-state index contributed by atoms with van der Waals surface area (Å²) in [6.07, 6.45) is 3.29. The fourth-order valence-corrected chi connectivity index (χ4v) is 10.4. The highest BCUT2D eigenvalue weighted by molar-refractivity contribution is 7.95. The van der Waals surface area contributed by atoms with Crippen molar-refractivity contribution in [2.45, 2.75) is 57.1 Å². The second-order valence-electron chi connectivity index (χ2n) is 16.6. The van der Waals surface area contributed by atoms with Crippen molar-refractivity contribution in [1.82, 2.24) is 19.9 Å². The van der Waals surface area contributed by atoms with Crippen molar-refractivity contribution in [3.8, 4) is 35.1 Å². The van der Waals surface area contributed by atoms with E-state index >= 15 is 0 Å². The molecule has 0 spiro atoms. The number of nitriles is 2. The van der Waals surface area contributed by atoms with Crippen LogP contribution in [-0.4, -0.2) is 68.0 Å². The molecule has 0 radical (unpaired) electrons. The minimum atomic E-state index is -4.81. The molecule has 70 heavy (non-hydrogen) atoms. The standard InChI is InChI=1S/C48H46Cl4N8O8S2/c1-47(2,34-22-30(26-53)42(40(51)24-34)65-20-16-49)32-6-10-38(11-7-32)67-28-36-14-18-56-44(58-36)45(70(55,63)64)60(69(5,61)62)46-57-19-15-37(59-46)29-68-39-12-8-33(9-13-39)48(3,4)35-23-31(27-54)43(41(52)25-35)66-21-17-50/h6-15,18-19,22-25,45H,16-17,20-21,28-29H2,1-5H3,(H2,55,63,64). The maximum Gasteiger partial charge on any atom is 0.241 e. The van der Waals surface area contributed by atoms with Gasteiger partial charge in [0.2, 0.25) is 31.4 Å². The van der Waals surface area contributed by atoms with Crippen LogP contribution >= 0.6 is 46.4 Å². The average Bonchev–Trinajstić information content (AvgIpc) is 3.32. The van der Waals surface area contributed by atoms with Gasteiger partial charge in [-0.25, -0.2) is 46.2 Å². The van der Waals surface area contributed by atoms with Gasteiger partial charge >= 0.3 is 0 Å². The Morgan fingerprint density at radius 3 is 1.47 bits per heavy atom. The molecule has 0 aliphatic heterocycles. The number of sulfonamides is 2. The lowest BCUT2D eigenvalue weighted by molar-refractivity contribution is 0.300. The van der Waals surface area contributed by atoms with E-state index in [1.807, 2.05) is 52.0 Å². The molecule has 0 bridgehead atoms. The van der Waals surface area contributed by atoms with Crippen molar-refractivity contribution in [2.24, 2.45) is 5.14 Å². The van der Waals surface area contributed by atoms with Crippen LogP contribution in [0.2, 0.25) is 10.0 Å². The molecule has 2 N–H and O–H groups in total. The summed E-state index contributed by atoms with van der Waals surface area (Å²) >= 11 is 24.6. The average molecular weight is 1070 g/mol. The van der Waals surface area contributed by atoms with Crippen molar-refractivity contribution in [1.29, 1.82) is 10.5 Å². The molecule has 16 nitrogen and oxygen atoms in total. The SMILES string of the molecule is CC(C)(c1ccc(OCc2ccnc(C(N(c3nccc(COc4ccc(C(C)(C)c5cc(Cl)c(OCCCl)c(C#N)c5)cc4)n3)S(C)(=O)=O)S(N)(=O)=O)n2)cc1)c1cc(Cl)c(OCCCl)c(C#N)c1. The van der Waals surface area contributed by atoms with Gasteiger partial charge in [0.25, 0.3) is 0 Å². The van der Waals surface area contributed by atoms with Gasteiger partial charge in [-0.05, 0) is 82.9 Å². The zero-order valence-electron chi connectivity index (χ0n) is 38.4. The van der Waals surface area contributed by atoms with E-state index in [0.29, 0.717) is 15.8 Å². The normalized spacial score (nSPS) is 12.3. The summed E-state index contributed by atoms with van der Waals surface area (Å²) in [6.45, 7) is 7.96. The fraction of sp³-hybridized carbons (Fsp3) is 0.292. The third-order valence-corrected chi connectivity index (χ3v) is 14.2. The van der Waals surface area contributed by atoms with Crippen LogP contribution < -0.4 is 28.4 Å². The second kappa shape index (κ2) is 22.4. The molecule has 0 amide bonds. The summed E-state index contributed by atoms with van der Waals surface area (Å²) in [5.74, 6) is 0.874. The molecular formula is C48H46Cl4N8O8S2. The van der Waals surface area contributed by atoms with Gasteiger partial charge in [0.05, 0.1) is 50.6 Å². The number of halogens is 4. The molecule has 0 saturated carbocycles. The van der Waals surface area contributed by atoms with Crippen LogP contribution in [0.25, 0.3) is 0 Å². The maximum absolute atomic E-state index is 13.4. The molecule has 0 saturated heterocycles. The molecule has 6 aromatic rings. The van der Waals surface area contributed by atoms with E-state index in [1.54, 1.807) is 48.5 Å². The smallest absolute Gasteiger partial charge is 0.241 e. The molecule has 6 rings (SSSR count). The summed E-state index contributed by atoms with van der Waals surface area (Å²) < 4.78 is 77.2. The topological polar surface area (TPSA) is 234 Å². The summed E-state index contributed by atoms with van der Waals surface area (Å²) in [5, 5.41) is 23.7. The number of alkyl halides is 2. The van der Waals surface area contributed by atoms with E-state index in [2.05, 4.69) is 32.1 Å². The van der Waals surface area contributed by atoms with Crippen LogP contribution in [0.1, 0.15) is 83.7 Å². The molecule has 22 heteroatoms. The van der Waals surface area contributed by atoms with E-state index in [9.17, 15) is 27.4 Å². The van der Waals surface area contributed by atoms with E-state index in [-0.39, 0.29) is 82.2 Å². The zero-order chi connectivity index (χ0) is 51.0. The maximum atomic E-state index is 13.4. The summed E-state index contributed by atoms with van der Waals surface area (Å²) in [5.41, 5.74) is 3.04. The monoisotopic (exact) mass is 1070 g/mol. The Hall–Kier alpha value is -5.96. The lowest BCUT2D eigenvalue weighted by Gasteiger charge is -2.27. The first-order chi connectivity index (χ1) is 33.1. The minimum Gasteiger partial charge on any atom is -0.489 e. The molecule has 0 aliphatic carbocycles. The number of ether oxygens (including phenoxy) is 4. The van der Waals surface area contributed by atoms with Gasteiger partial charge in [0, 0.05) is 23.2 Å². The van der Waals surface area contributed by atoms with E-state index < -0.39 is 48.0 Å². The van der Waals surface area contributed by atoms with Crippen LogP contribution in [0, 0.1) is 22.7 Å². The third-order valence-electron chi connectivity index (χ3n) is 11.1. The van der Waals surface area contributed by atoms with Gasteiger partial charge in [0.1, 0.15) is 50.1 Å². The van der Waals surface area contributed by atoms with Gasteiger partial charge in [-0.1, -0.05) is 75.2 Å². The number of hydrogen-bond donors (Lipinski definition) is 1. The van der Waals surface area contributed by atoms with Crippen LogP contribution in [0.4, 0.5) is 5.95 Å². The molecule has 2 heterocycles. The van der Waals surface area contributed by atoms with Gasteiger partial charge in [-0.15, -0.1) is 23.2 Å². The fourth-order valence-electron chi connectivity index (χ4n) is 7.23. The van der Waals surface area contributed by atoms with Crippen molar-refractivity contribution < 1.29 is 35.8 Å². The predicted octanol–water partition coefficient (Wildman–Crippen LogP) is 9.12. The Bertz CT molecular complexity index is 2960. The number of primary sulfonamides is 1. The Morgan fingerprint density at radius 1 is 0.643 bits per heavy atom. The van der Waals surface area contributed by atoms with Crippen molar-refractivity contribution in [3.63, 3.8) is 0 Å². The first-order valence-electron chi connectivity index (χ1n) is 21.1. The predicted molar refractivity (Wildman–Crippen MR) is 268 cm³/mol. The number of nitrogens with two attached hydrogens (primary N) is 1. The van der Waals surface area contributed by atoms with Gasteiger partial charge in [-0.2, -0.15) is 10.5 Å². The summed E-state index contributed by atoms with van der Waals surface area (Å²) in [6, 6.07) is 28.5. The number of benzene rings is 4. The van der Waals surface area contributed by atoms with E-state index in [4.69, 9.17) is 70.5 Å². The molecule has 2 aromatic heterocycles. The molecule has 366 valence electrons. The summed E-state index contributed by atoms with van der Waals surface area (Å²) in [4.78, 5) is 16.9. The highest BCUT2D eigenvalue weighted by Crippen LogP contribution is 2.41. The van der Waals surface area contributed by atoms with Crippen LogP contribution in [0.15, 0.2) is 97.3 Å². The Balaban J connectivity index is 1.17. The number of rotatable bonds is 21. The van der Waals surface area contributed by atoms with Gasteiger partial charge in [-0.3, -0.25) is 0 Å². The van der Waals surface area contributed by atoms with Crippen LogP contribution in [0.5, 0.6) is 23.0 Å². The number of nitrogens with zero attached hydrogens (tertiary/aromatic N) is 7. The quantitative estimate of drug-likeness (QED) is 0.0662. The van der Waals surface area contributed by atoms with Gasteiger partial charge < -0.3 is 18.9 Å². The number of aromatic nitrogens is 4. The number of anilines is 1. The molecule has 0 aliphatic rings. The first kappa shape index (κ1) is 53.4. The first-order valence-corrected chi connectivity index (χ1v) is 26.4. The van der Waals surface area contributed by atoms with Crippen LogP contribution in [-0.2, 0) is 44.1 Å². The highest BCUT2D eigenvalue weighted by atomic mass is 35.5. The minimum absolute atomic E-state index is 0.170. The zero-order valence-corrected chi connectivity index (χ0v) is 43.0. The number of hydrogen-bond acceptors (Lipinski definition) is 14. The Kier molecular flexibility index (Phi) is 17.1. The van der Waals surface area contributed by atoms with Crippen molar-refractivity contribution in [2.75, 3.05) is 35.5 Å². The third kappa shape index (κ3) is 12.5. The highest BCUT2D eigenvalue weighted by Gasteiger charge is 2.41. The molecule has 1 unspecified atom stereocenters. The molecule has 4 aromatic carbocycles. The van der Waals surface area contributed by atoms with Crippen molar-refractivity contribution in [3.05, 3.63) is 158 Å². The lowest BCUT2D eigenvalue weighted by Crippen LogP contribution is -2.43. The molecule has 1 atom stereocenters. The Morgan fingerprint density at radius 2 is 1.07 bits per heavy atom. The Labute approximate surface area is 427 Å². The van der Waals surface area contributed by atoms with E-state index in [0.717, 1.165) is 28.5 Å². The van der Waals surface area contributed by atoms with E-state index in [1.165, 1.54) is 24.5 Å². The summed E-state index contributed by atoms with van der Waals surface area (Å²) in [7, 11) is -9.29. The van der Waals surface area contributed by atoms with Gasteiger partial charge in [0.15, 0.2) is 17.3 Å². The molecule has 0 fully saturated rings. The molecular weight excluding hydrogens is 1020 g/mol. The van der Waals surface area contributed by atoms with Crippen LogP contribution in [0.3, 0.4) is 0 Å².